The van der Waals surface area contributed by atoms with Crippen molar-refractivity contribution in [3.8, 4) is 11.8 Å². The molecule has 0 unspecified atom stereocenters. The maximum Gasteiger partial charge on any atom is 0.227 e. The first-order valence-electron chi connectivity index (χ1n) is 7.61. The van der Waals surface area contributed by atoms with Crippen LogP contribution in [0.5, 0.6) is 0 Å². The van der Waals surface area contributed by atoms with Gasteiger partial charge in [0.1, 0.15) is 0 Å². The summed E-state index contributed by atoms with van der Waals surface area (Å²) in [6.07, 6.45) is 7.11. The lowest BCUT2D eigenvalue weighted by Gasteiger charge is -2.26. The second-order valence-corrected chi connectivity index (χ2v) is 5.14. The molecule has 0 atom stereocenters. The fourth-order valence-electron chi connectivity index (χ4n) is 2.47. The third-order valence-corrected chi connectivity index (χ3v) is 3.54. The maximum absolute atomic E-state index is 12.6. The Bertz CT molecular complexity index is 698. The van der Waals surface area contributed by atoms with Crippen LogP contribution in [0, 0.1) is 11.8 Å². The van der Waals surface area contributed by atoms with Gasteiger partial charge in [0.15, 0.2) is 0 Å². The lowest BCUT2D eigenvalue weighted by Crippen LogP contribution is -2.33. The molecule has 2 rings (SSSR count). The van der Waals surface area contributed by atoms with Gasteiger partial charge in [-0.2, -0.15) is 0 Å². The zero-order valence-electron chi connectivity index (χ0n) is 13.2. The molecule has 0 fully saturated rings. The molecule has 2 heteroatoms. The summed E-state index contributed by atoms with van der Waals surface area (Å²) in [5.74, 6) is 6.48. The first-order valence-corrected chi connectivity index (χ1v) is 7.61. The summed E-state index contributed by atoms with van der Waals surface area (Å²) < 4.78 is 0. The van der Waals surface area contributed by atoms with Gasteiger partial charge in [-0.1, -0.05) is 55.7 Å². The summed E-state index contributed by atoms with van der Waals surface area (Å²) >= 11 is 0. The zero-order chi connectivity index (χ0) is 15.9. The molecule has 2 nitrogen and oxygen atoms in total. The monoisotopic (exact) mass is 291 g/mol. The van der Waals surface area contributed by atoms with Gasteiger partial charge in [0.05, 0.1) is 12.2 Å². The third kappa shape index (κ3) is 3.38. The predicted octanol–water partition coefficient (Wildman–Crippen LogP) is 4.24. The lowest BCUT2D eigenvalue weighted by atomic mass is 10.0. The van der Waals surface area contributed by atoms with Gasteiger partial charge in [-0.3, -0.25) is 4.79 Å². The Labute approximate surface area is 132 Å². The molecular formula is C20H21NO. The quantitative estimate of drug-likeness (QED) is 0.760. The maximum atomic E-state index is 12.6. The highest BCUT2D eigenvalue weighted by Gasteiger charge is 2.20. The molecule has 0 radical (unpaired) electrons. The van der Waals surface area contributed by atoms with Gasteiger partial charge < -0.3 is 4.90 Å². The van der Waals surface area contributed by atoms with Crippen LogP contribution in [0.25, 0.3) is 0 Å². The van der Waals surface area contributed by atoms with Crippen molar-refractivity contribution in [1.29, 1.82) is 0 Å². The van der Waals surface area contributed by atoms with Crippen LogP contribution in [0.1, 0.15) is 32.3 Å². The van der Waals surface area contributed by atoms with Gasteiger partial charge in [0, 0.05) is 17.6 Å². The molecular weight excluding hydrogens is 270 g/mol. The third-order valence-electron chi connectivity index (χ3n) is 3.54. The van der Waals surface area contributed by atoms with Crippen molar-refractivity contribution >= 4 is 11.6 Å². The normalized spacial score (nSPS) is 17.3. The molecule has 1 amide bonds. The fraction of sp³-hybridized carbons (Fsp3) is 0.250. The molecule has 0 saturated heterocycles. The van der Waals surface area contributed by atoms with Crippen molar-refractivity contribution in [1.82, 2.24) is 0 Å². The van der Waals surface area contributed by atoms with Crippen LogP contribution in [0.2, 0.25) is 0 Å². The fourth-order valence-corrected chi connectivity index (χ4v) is 2.47. The average molecular weight is 291 g/mol. The Kier molecular flexibility index (Phi) is 5.38. The second kappa shape index (κ2) is 7.47. The van der Waals surface area contributed by atoms with E-state index in [1.807, 2.05) is 55.2 Å². The molecule has 0 bridgehead atoms. The van der Waals surface area contributed by atoms with Gasteiger partial charge in [0.2, 0.25) is 5.91 Å². The Hall–Kier alpha value is -2.53. The van der Waals surface area contributed by atoms with Gasteiger partial charge in [-0.15, -0.1) is 0 Å². The van der Waals surface area contributed by atoms with Crippen molar-refractivity contribution in [2.24, 2.45) is 0 Å². The van der Waals surface area contributed by atoms with Crippen LogP contribution < -0.4 is 4.90 Å². The zero-order valence-corrected chi connectivity index (χ0v) is 13.2. The summed E-state index contributed by atoms with van der Waals surface area (Å²) in [5, 5.41) is 0. The van der Waals surface area contributed by atoms with E-state index in [4.69, 9.17) is 0 Å². The number of para-hydroxylation sites is 1. The van der Waals surface area contributed by atoms with Gasteiger partial charge >= 0.3 is 0 Å². The van der Waals surface area contributed by atoms with Crippen molar-refractivity contribution < 1.29 is 4.79 Å². The molecule has 1 aliphatic rings. The standard InChI is InChI=1S/C20H21NO/c1-4-9-18-15-21(20(22)10-5-2)19-12-8-7-11-17(19)14-13-16(18)6-3/h4,6-9,11-12H,3,5,10,15H2,1-2H3/b9-4-,18-16-. The second-order valence-electron chi connectivity index (χ2n) is 5.14. The molecule has 22 heavy (non-hydrogen) atoms. The number of hydrogen-bond donors (Lipinski definition) is 0. The van der Waals surface area contributed by atoms with E-state index in [9.17, 15) is 4.79 Å². The topological polar surface area (TPSA) is 20.3 Å². The van der Waals surface area contributed by atoms with Gasteiger partial charge in [0.25, 0.3) is 0 Å². The Morgan fingerprint density at radius 2 is 2.14 bits per heavy atom. The molecule has 112 valence electrons. The van der Waals surface area contributed by atoms with E-state index in [0.717, 1.165) is 28.8 Å². The van der Waals surface area contributed by atoms with Crippen molar-refractivity contribution in [3.63, 3.8) is 0 Å². The summed E-state index contributed by atoms with van der Waals surface area (Å²) in [6.45, 7) is 8.36. The van der Waals surface area contributed by atoms with E-state index in [2.05, 4.69) is 18.4 Å². The van der Waals surface area contributed by atoms with E-state index in [1.165, 1.54) is 0 Å². The minimum atomic E-state index is 0.129. The predicted molar refractivity (Wildman–Crippen MR) is 92.6 cm³/mol. The molecule has 0 spiro atoms. The van der Waals surface area contributed by atoms with E-state index < -0.39 is 0 Å². The highest BCUT2D eigenvalue weighted by Crippen LogP contribution is 2.25. The van der Waals surface area contributed by atoms with Crippen molar-refractivity contribution in [3.05, 3.63) is 65.8 Å². The van der Waals surface area contributed by atoms with Crippen LogP contribution in [-0.2, 0) is 4.79 Å². The number of nitrogens with zero attached hydrogens (tertiary/aromatic N) is 1. The van der Waals surface area contributed by atoms with Gasteiger partial charge in [-0.25, -0.2) is 0 Å². The smallest absolute Gasteiger partial charge is 0.227 e. The molecule has 1 heterocycles. The van der Waals surface area contributed by atoms with Crippen LogP contribution in [-0.4, -0.2) is 12.5 Å². The number of anilines is 1. The number of carbonyl (C=O) groups excluding carboxylic acids is 1. The minimum Gasteiger partial charge on any atom is -0.307 e. The molecule has 1 aliphatic heterocycles. The highest BCUT2D eigenvalue weighted by atomic mass is 16.2. The first kappa shape index (κ1) is 15.9. The van der Waals surface area contributed by atoms with Crippen LogP contribution in [0.4, 0.5) is 5.69 Å². The first-order chi connectivity index (χ1) is 10.7. The van der Waals surface area contributed by atoms with Crippen molar-refractivity contribution in [2.45, 2.75) is 26.7 Å². The number of allylic oxidation sites excluding steroid dienone is 3. The SMILES string of the molecule is C=C/C1=C(\C=C/C)CN(C(=O)CCC)c2ccccc2C#C1. The number of fused-ring (bicyclic) bond motifs is 1. The number of amides is 1. The summed E-state index contributed by atoms with van der Waals surface area (Å²) in [6, 6.07) is 7.81. The Morgan fingerprint density at radius 3 is 2.82 bits per heavy atom. The Morgan fingerprint density at radius 1 is 1.36 bits per heavy atom. The highest BCUT2D eigenvalue weighted by molar-refractivity contribution is 5.95. The number of benzene rings is 1. The summed E-state index contributed by atoms with van der Waals surface area (Å²) in [4.78, 5) is 14.4. The van der Waals surface area contributed by atoms with E-state index in [0.29, 0.717) is 13.0 Å². The summed E-state index contributed by atoms with van der Waals surface area (Å²) in [7, 11) is 0. The molecule has 1 aromatic carbocycles. The van der Waals surface area contributed by atoms with E-state index in [-0.39, 0.29) is 5.91 Å². The van der Waals surface area contributed by atoms with Crippen molar-refractivity contribution in [2.75, 3.05) is 11.4 Å². The molecule has 0 aliphatic carbocycles. The van der Waals surface area contributed by atoms with Gasteiger partial charge in [-0.05, 0) is 31.1 Å². The molecule has 0 saturated carbocycles. The molecule has 1 aromatic rings. The number of hydrogen-bond acceptors (Lipinski definition) is 1. The summed E-state index contributed by atoms with van der Waals surface area (Å²) in [5.41, 5.74) is 3.66. The lowest BCUT2D eigenvalue weighted by molar-refractivity contribution is -0.118. The average Bonchev–Trinajstić information content (AvgIpc) is 2.51. The molecule has 0 aromatic heterocycles. The largest absolute Gasteiger partial charge is 0.307 e. The number of carbonyl (C=O) groups is 1. The van der Waals surface area contributed by atoms with Crippen LogP contribution >= 0.6 is 0 Å². The molecule has 0 N–H and O–H groups in total. The van der Waals surface area contributed by atoms with Crippen LogP contribution in [0.3, 0.4) is 0 Å². The Balaban J connectivity index is 2.60. The van der Waals surface area contributed by atoms with E-state index in [1.54, 1.807) is 6.08 Å². The van der Waals surface area contributed by atoms with E-state index >= 15 is 0 Å². The van der Waals surface area contributed by atoms with Crippen LogP contribution in [0.15, 0.2) is 60.2 Å². The minimum absolute atomic E-state index is 0.129. The number of rotatable bonds is 4.